The van der Waals surface area contributed by atoms with Crippen LogP contribution in [0.25, 0.3) is 0 Å². The molecule has 3 aliphatic rings. The minimum Gasteiger partial charge on any atom is -0.441 e. The lowest BCUT2D eigenvalue weighted by Crippen LogP contribution is -2.59. The van der Waals surface area contributed by atoms with Crippen molar-refractivity contribution in [3.05, 3.63) is 24.0 Å². The number of carbonyl (C=O) groups excluding carboxylic acids is 2. The van der Waals surface area contributed by atoms with Crippen molar-refractivity contribution in [2.45, 2.75) is 19.1 Å². The molecule has 0 aromatic heterocycles. The van der Waals surface area contributed by atoms with E-state index in [9.17, 15) is 19.1 Å². The number of ether oxygens (including phenoxy) is 1. The molecule has 9 nitrogen and oxygen atoms in total. The van der Waals surface area contributed by atoms with E-state index in [1.54, 1.807) is 36.0 Å². The number of benzene rings is 1. The Bertz CT molecular complexity index is 825. The third kappa shape index (κ3) is 3.65. The van der Waals surface area contributed by atoms with Gasteiger partial charge in [0.2, 0.25) is 0 Å². The van der Waals surface area contributed by atoms with E-state index in [2.05, 4.69) is 11.8 Å². The number of urea groups is 1. The molecule has 3 saturated heterocycles. The minimum absolute atomic E-state index is 0.000680. The topological polar surface area (TPSA) is 79.8 Å². The molecule has 3 aliphatic heterocycles. The van der Waals surface area contributed by atoms with Crippen LogP contribution >= 0.6 is 0 Å². The quantitative estimate of drug-likeness (QED) is 0.787. The fourth-order valence-electron chi connectivity index (χ4n) is 4.58. The molecule has 30 heavy (non-hydrogen) atoms. The van der Waals surface area contributed by atoms with Gasteiger partial charge >= 0.3 is 12.1 Å². The number of amides is 3. The lowest BCUT2D eigenvalue weighted by atomic mass is 10.1. The maximum absolute atomic E-state index is 15.0. The molecule has 0 bridgehead atoms. The number of cyclic esters (lactones) is 1. The van der Waals surface area contributed by atoms with E-state index in [0.29, 0.717) is 43.7 Å². The Hall–Kier alpha value is -2.59. The zero-order valence-corrected chi connectivity index (χ0v) is 17.5. The highest BCUT2D eigenvalue weighted by Gasteiger charge is 2.39. The summed E-state index contributed by atoms with van der Waals surface area (Å²) in [6, 6.07) is 4.94. The molecule has 0 saturated carbocycles. The van der Waals surface area contributed by atoms with Crippen molar-refractivity contribution in [2.75, 3.05) is 63.5 Å². The summed E-state index contributed by atoms with van der Waals surface area (Å²) in [5, 5.41) is 9.18. The number of aliphatic hydroxyl groups is 1. The summed E-state index contributed by atoms with van der Waals surface area (Å²) in [7, 11) is 3.57. The monoisotopic (exact) mass is 421 g/mol. The molecule has 3 unspecified atom stereocenters. The summed E-state index contributed by atoms with van der Waals surface area (Å²) >= 11 is 0. The van der Waals surface area contributed by atoms with Gasteiger partial charge in [-0.3, -0.25) is 9.80 Å². The molecule has 0 spiro atoms. The van der Waals surface area contributed by atoms with Crippen LogP contribution in [-0.4, -0.2) is 97.8 Å². The first-order valence-electron chi connectivity index (χ1n) is 10.1. The fraction of sp³-hybridized carbons (Fsp3) is 0.600. The van der Waals surface area contributed by atoms with Gasteiger partial charge in [0.25, 0.3) is 0 Å². The number of aliphatic hydroxyl groups excluding tert-OH is 1. The predicted octanol–water partition coefficient (Wildman–Crippen LogP) is 1.18. The third-order valence-corrected chi connectivity index (χ3v) is 6.14. The van der Waals surface area contributed by atoms with Crippen molar-refractivity contribution < 1.29 is 23.8 Å². The highest BCUT2D eigenvalue weighted by atomic mass is 19.1. The SMILES string of the molecule is CC1CN(c2ccc(N3CC(CO)OC3=O)cc2F)CC1N1CN(C)C(=O)N(C)C1. The standard InChI is InChI=1S/C20H28FN5O4/c1-13-7-24(9-18(13)25-11-22(2)19(28)23(3)12-25)17-5-4-14(6-16(17)21)26-8-15(10-27)30-20(26)29/h4-6,13,15,18,27H,7-12H2,1-3H3. The highest BCUT2D eigenvalue weighted by Crippen LogP contribution is 2.32. The molecule has 0 aliphatic carbocycles. The number of hydrogen-bond acceptors (Lipinski definition) is 6. The van der Waals surface area contributed by atoms with Crippen LogP contribution in [0.4, 0.5) is 25.4 Å². The van der Waals surface area contributed by atoms with Gasteiger partial charge in [-0.15, -0.1) is 0 Å². The molecule has 3 amide bonds. The van der Waals surface area contributed by atoms with Crippen LogP contribution in [-0.2, 0) is 4.74 Å². The van der Waals surface area contributed by atoms with Crippen molar-refractivity contribution >= 4 is 23.5 Å². The second-order valence-corrected chi connectivity index (χ2v) is 8.43. The molecule has 1 aromatic rings. The Morgan fingerprint density at radius 1 is 1.13 bits per heavy atom. The van der Waals surface area contributed by atoms with E-state index in [1.165, 1.54) is 11.0 Å². The van der Waals surface area contributed by atoms with Gasteiger partial charge in [-0.25, -0.2) is 14.0 Å². The summed E-state index contributed by atoms with van der Waals surface area (Å²) in [6.07, 6.45) is -1.17. The summed E-state index contributed by atoms with van der Waals surface area (Å²) in [5.41, 5.74) is 0.910. The maximum atomic E-state index is 15.0. The second kappa shape index (κ2) is 7.92. The number of hydrogen-bond donors (Lipinski definition) is 1. The van der Waals surface area contributed by atoms with Gasteiger partial charge in [0, 0.05) is 33.2 Å². The first kappa shape index (κ1) is 20.7. The zero-order chi connectivity index (χ0) is 21.6. The van der Waals surface area contributed by atoms with Gasteiger partial charge in [-0.05, 0) is 24.1 Å². The second-order valence-electron chi connectivity index (χ2n) is 8.43. The molecule has 10 heteroatoms. The van der Waals surface area contributed by atoms with E-state index in [0.717, 1.165) is 0 Å². The highest BCUT2D eigenvalue weighted by molar-refractivity contribution is 5.90. The molecule has 1 aromatic carbocycles. The summed E-state index contributed by atoms with van der Waals surface area (Å²) in [4.78, 5) is 32.9. The van der Waals surface area contributed by atoms with Crippen molar-refractivity contribution in [3.63, 3.8) is 0 Å². The Morgan fingerprint density at radius 3 is 2.43 bits per heavy atom. The van der Waals surface area contributed by atoms with Gasteiger partial charge < -0.3 is 24.5 Å². The normalized spacial score (nSPS) is 28.0. The average Bonchev–Trinajstić information content (AvgIpc) is 3.28. The number of rotatable bonds is 4. The molecule has 3 heterocycles. The van der Waals surface area contributed by atoms with E-state index in [-0.39, 0.29) is 25.2 Å². The van der Waals surface area contributed by atoms with E-state index in [1.807, 2.05) is 4.90 Å². The van der Waals surface area contributed by atoms with E-state index < -0.39 is 18.0 Å². The Balaban J connectivity index is 1.47. The average molecular weight is 421 g/mol. The Labute approximate surface area is 175 Å². The van der Waals surface area contributed by atoms with E-state index >= 15 is 0 Å². The van der Waals surface area contributed by atoms with Crippen LogP contribution in [0.5, 0.6) is 0 Å². The van der Waals surface area contributed by atoms with Crippen LogP contribution in [0.15, 0.2) is 18.2 Å². The minimum atomic E-state index is -0.590. The number of nitrogens with zero attached hydrogens (tertiary/aromatic N) is 5. The van der Waals surface area contributed by atoms with Gasteiger partial charge in [-0.2, -0.15) is 0 Å². The van der Waals surface area contributed by atoms with Gasteiger partial charge in [-0.1, -0.05) is 6.92 Å². The van der Waals surface area contributed by atoms with Crippen LogP contribution in [0.2, 0.25) is 0 Å². The zero-order valence-electron chi connectivity index (χ0n) is 17.5. The van der Waals surface area contributed by atoms with Crippen molar-refractivity contribution in [2.24, 2.45) is 5.92 Å². The third-order valence-electron chi connectivity index (χ3n) is 6.14. The van der Waals surface area contributed by atoms with Crippen LogP contribution in [0.3, 0.4) is 0 Å². The fourth-order valence-corrected chi connectivity index (χ4v) is 4.58. The van der Waals surface area contributed by atoms with Crippen LogP contribution < -0.4 is 9.80 Å². The van der Waals surface area contributed by atoms with Gasteiger partial charge in [0.05, 0.1) is 37.9 Å². The Kier molecular flexibility index (Phi) is 5.46. The van der Waals surface area contributed by atoms with Gasteiger partial charge in [0.1, 0.15) is 11.9 Å². The summed E-state index contributed by atoms with van der Waals surface area (Å²) in [5.74, 6) is -0.0957. The number of carbonyl (C=O) groups is 2. The lowest BCUT2D eigenvalue weighted by Gasteiger charge is -2.42. The number of anilines is 2. The van der Waals surface area contributed by atoms with Crippen molar-refractivity contribution in [1.82, 2.24) is 14.7 Å². The molecule has 3 atom stereocenters. The molecule has 1 N–H and O–H groups in total. The smallest absolute Gasteiger partial charge is 0.414 e. The molecular weight excluding hydrogens is 393 g/mol. The number of halogens is 1. The van der Waals surface area contributed by atoms with Crippen LogP contribution in [0, 0.1) is 11.7 Å². The Morgan fingerprint density at radius 2 is 1.83 bits per heavy atom. The van der Waals surface area contributed by atoms with Crippen LogP contribution in [0.1, 0.15) is 6.92 Å². The van der Waals surface area contributed by atoms with Gasteiger partial charge in [0.15, 0.2) is 0 Å². The molecule has 4 rings (SSSR count). The first-order valence-corrected chi connectivity index (χ1v) is 10.1. The van der Waals surface area contributed by atoms with Crippen molar-refractivity contribution in [3.8, 4) is 0 Å². The van der Waals surface area contributed by atoms with E-state index in [4.69, 9.17) is 4.74 Å². The maximum Gasteiger partial charge on any atom is 0.414 e. The first-order chi connectivity index (χ1) is 14.3. The van der Waals surface area contributed by atoms with Crippen molar-refractivity contribution in [1.29, 1.82) is 0 Å². The molecule has 164 valence electrons. The summed E-state index contributed by atoms with van der Waals surface area (Å²) in [6.45, 7) is 4.55. The molecular formula is C20H28FN5O4. The predicted molar refractivity (Wildman–Crippen MR) is 109 cm³/mol. The largest absolute Gasteiger partial charge is 0.441 e. The summed E-state index contributed by atoms with van der Waals surface area (Å²) < 4.78 is 20.0. The molecule has 3 fully saturated rings. The molecule has 0 radical (unpaired) electrons. The lowest BCUT2D eigenvalue weighted by molar-refractivity contribution is 0.0233.